The lowest BCUT2D eigenvalue weighted by Crippen LogP contribution is -2.58. The Balaban J connectivity index is 1.84. The molecule has 1 aromatic carbocycles. The summed E-state index contributed by atoms with van der Waals surface area (Å²) in [6.45, 7) is 7.72. The molecule has 0 saturated carbocycles. The summed E-state index contributed by atoms with van der Waals surface area (Å²) in [5, 5.41) is 21.5. The Morgan fingerprint density at radius 2 is 1.69 bits per heavy atom. The van der Waals surface area contributed by atoms with Crippen LogP contribution in [0.4, 0.5) is 4.79 Å². The average Bonchev–Trinajstić information content (AvgIpc) is 3.31. The Hall–Kier alpha value is -3.14. The van der Waals surface area contributed by atoms with Gasteiger partial charge in [0.1, 0.15) is 11.6 Å². The van der Waals surface area contributed by atoms with Crippen molar-refractivity contribution in [3.8, 4) is 0 Å². The number of carboxylic acids is 1. The summed E-state index contributed by atoms with van der Waals surface area (Å²) < 4.78 is 5.51. The second-order valence-corrected chi connectivity index (χ2v) is 10.6. The third-order valence-electron chi connectivity index (χ3n) is 6.87. The van der Waals surface area contributed by atoms with E-state index in [1.807, 2.05) is 30.3 Å². The van der Waals surface area contributed by atoms with E-state index in [4.69, 9.17) is 4.74 Å². The van der Waals surface area contributed by atoms with Gasteiger partial charge in [0.2, 0.25) is 11.8 Å². The average molecular weight is 504 g/mol. The summed E-state index contributed by atoms with van der Waals surface area (Å²) in [6, 6.07) is 7.07. The standard InChI is InChI=1S/C26H37N3O7/c1-17(30)20(22(32)33)27-21(31)19-11-8-14-29(19)23(34)26(18-9-6-5-7-10-18)12-15-28(16-13-26)24(35)36-25(2,3)4/h5-7,9-10,17,19-20,30H,8,11-16H2,1-4H3,(H,27,31)(H,32,33)/t17-,19-,20-/m0/s1. The number of aliphatic hydroxyl groups excluding tert-OH is 1. The van der Waals surface area contributed by atoms with E-state index in [1.165, 1.54) is 11.8 Å². The molecule has 0 unspecified atom stereocenters. The van der Waals surface area contributed by atoms with Crippen LogP contribution in [0.15, 0.2) is 30.3 Å². The second-order valence-electron chi connectivity index (χ2n) is 10.6. The largest absolute Gasteiger partial charge is 0.480 e. The number of benzene rings is 1. The maximum atomic E-state index is 14.1. The summed E-state index contributed by atoms with van der Waals surface area (Å²) in [4.78, 5) is 54.4. The Bertz CT molecular complexity index is 965. The second kappa shape index (κ2) is 10.9. The van der Waals surface area contributed by atoms with Crippen molar-refractivity contribution < 1.29 is 34.1 Å². The van der Waals surface area contributed by atoms with Crippen LogP contribution >= 0.6 is 0 Å². The number of hydrogen-bond donors (Lipinski definition) is 3. The van der Waals surface area contributed by atoms with Crippen LogP contribution in [0.1, 0.15) is 58.9 Å². The summed E-state index contributed by atoms with van der Waals surface area (Å²) in [7, 11) is 0. The molecule has 198 valence electrons. The number of carboxylic acid groups (broad SMARTS) is 1. The van der Waals surface area contributed by atoms with E-state index in [0.717, 1.165) is 5.56 Å². The molecular formula is C26H37N3O7. The van der Waals surface area contributed by atoms with E-state index in [2.05, 4.69) is 5.32 Å². The van der Waals surface area contributed by atoms with Gasteiger partial charge < -0.3 is 30.1 Å². The van der Waals surface area contributed by atoms with E-state index in [9.17, 15) is 29.4 Å². The van der Waals surface area contributed by atoms with Crippen LogP contribution in [0.2, 0.25) is 0 Å². The molecule has 36 heavy (non-hydrogen) atoms. The first-order valence-corrected chi connectivity index (χ1v) is 12.4. The Kier molecular flexibility index (Phi) is 8.28. The molecule has 1 aromatic rings. The Labute approximate surface area is 211 Å². The number of carbonyl (C=O) groups is 4. The lowest BCUT2D eigenvalue weighted by atomic mass is 9.71. The normalized spacial score (nSPS) is 21.4. The Morgan fingerprint density at radius 1 is 1.08 bits per heavy atom. The van der Waals surface area contributed by atoms with Gasteiger partial charge in [0, 0.05) is 19.6 Å². The fraction of sp³-hybridized carbons (Fsp3) is 0.615. The van der Waals surface area contributed by atoms with Crippen LogP contribution in [-0.2, 0) is 24.5 Å². The highest BCUT2D eigenvalue weighted by atomic mass is 16.6. The molecule has 3 N–H and O–H groups in total. The molecule has 0 aromatic heterocycles. The highest BCUT2D eigenvalue weighted by molar-refractivity contribution is 5.95. The molecule has 3 amide bonds. The van der Waals surface area contributed by atoms with Crippen molar-refractivity contribution in [1.82, 2.24) is 15.1 Å². The molecule has 2 aliphatic rings. The fourth-order valence-corrected chi connectivity index (χ4v) is 4.98. The molecule has 0 spiro atoms. The molecule has 2 aliphatic heterocycles. The van der Waals surface area contributed by atoms with Gasteiger partial charge >= 0.3 is 12.1 Å². The molecular weight excluding hydrogens is 466 g/mol. The van der Waals surface area contributed by atoms with Gasteiger partial charge in [0.05, 0.1) is 11.5 Å². The van der Waals surface area contributed by atoms with Gasteiger partial charge in [-0.25, -0.2) is 9.59 Å². The van der Waals surface area contributed by atoms with Crippen molar-refractivity contribution in [2.75, 3.05) is 19.6 Å². The van der Waals surface area contributed by atoms with Gasteiger partial charge in [-0.15, -0.1) is 0 Å². The van der Waals surface area contributed by atoms with Gasteiger partial charge in [0.15, 0.2) is 6.04 Å². The van der Waals surface area contributed by atoms with E-state index in [0.29, 0.717) is 45.3 Å². The maximum absolute atomic E-state index is 14.1. The first-order valence-electron chi connectivity index (χ1n) is 12.4. The maximum Gasteiger partial charge on any atom is 0.410 e. The number of nitrogens with zero attached hydrogens (tertiary/aromatic N) is 2. The number of aliphatic hydroxyl groups is 1. The number of amides is 3. The van der Waals surface area contributed by atoms with Crippen molar-refractivity contribution >= 4 is 23.9 Å². The van der Waals surface area contributed by atoms with Crippen LogP contribution in [0, 0.1) is 0 Å². The molecule has 3 rings (SSSR count). The molecule has 10 heteroatoms. The lowest BCUT2D eigenvalue weighted by molar-refractivity contribution is -0.148. The highest BCUT2D eigenvalue weighted by Crippen LogP contribution is 2.39. The first kappa shape index (κ1) is 27.4. The van der Waals surface area contributed by atoms with E-state index in [1.54, 1.807) is 25.7 Å². The minimum absolute atomic E-state index is 0.209. The van der Waals surface area contributed by atoms with Crippen molar-refractivity contribution in [1.29, 1.82) is 0 Å². The van der Waals surface area contributed by atoms with E-state index >= 15 is 0 Å². The van der Waals surface area contributed by atoms with Crippen LogP contribution in [0.3, 0.4) is 0 Å². The van der Waals surface area contributed by atoms with Gasteiger partial charge in [-0.2, -0.15) is 0 Å². The number of hydrogen-bond acceptors (Lipinski definition) is 6. The molecule has 3 atom stereocenters. The van der Waals surface area contributed by atoms with Crippen molar-refractivity contribution in [2.45, 2.75) is 82.6 Å². The number of aliphatic carboxylic acids is 1. The molecule has 2 saturated heterocycles. The molecule has 0 aliphatic carbocycles. The van der Waals surface area contributed by atoms with Gasteiger partial charge in [-0.05, 0) is 58.9 Å². The summed E-state index contributed by atoms with van der Waals surface area (Å²) >= 11 is 0. The van der Waals surface area contributed by atoms with Crippen LogP contribution in [-0.4, -0.2) is 87.3 Å². The zero-order valence-electron chi connectivity index (χ0n) is 21.4. The quantitative estimate of drug-likeness (QED) is 0.539. The number of nitrogens with one attached hydrogen (secondary N) is 1. The van der Waals surface area contributed by atoms with Crippen LogP contribution < -0.4 is 5.32 Å². The third kappa shape index (κ3) is 5.98. The van der Waals surface area contributed by atoms with Gasteiger partial charge in [-0.1, -0.05) is 30.3 Å². The molecule has 0 bridgehead atoms. The van der Waals surface area contributed by atoms with Crippen LogP contribution in [0.25, 0.3) is 0 Å². The van der Waals surface area contributed by atoms with E-state index < -0.39 is 47.2 Å². The number of rotatable bonds is 6. The summed E-state index contributed by atoms with van der Waals surface area (Å²) in [6.07, 6.45) is 0.0261. The van der Waals surface area contributed by atoms with Crippen molar-refractivity contribution in [3.63, 3.8) is 0 Å². The molecule has 0 radical (unpaired) electrons. The monoisotopic (exact) mass is 503 g/mol. The predicted molar refractivity (Wildman–Crippen MR) is 131 cm³/mol. The minimum atomic E-state index is -1.46. The fourth-order valence-electron chi connectivity index (χ4n) is 4.98. The zero-order chi connectivity index (χ0) is 26.7. The van der Waals surface area contributed by atoms with Crippen LogP contribution in [0.5, 0.6) is 0 Å². The smallest absolute Gasteiger partial charge is 0.410 e. The third-order valence-corrected chi connectivity index (χ3v) is 6.87. The summed E-state index contributed by atoms with van der Waals surface area (Å²) in [5.41, 5.74) is -0.743. The molecule has 2 heterocycles. The van der Waals surface area contributed by atoms with Crippen molar-refractivity contribution in [2.24, 2.45) is 0 Å². The van der Waals surface area contributed by atoms with Gasteiger partial charge in [0.25, 0.3) is 0 Å². The number of carbonyl (C=O) groups excluding carboxylic acids is 3. The summed E-state index contributed by atoms with van der Waals surface area (Å²) in [5.74, 6) is -2.15. The molecule has 10 nitrogen and oxygen atoms in total. The SMILES string of the molecule is C[C@H](O)[C@H](NC(=O)[C@@H]1CCCN1C(=O)C1(c2ccccc2)CCN(C(=O)OC(C)(C)C)CC1)C(=O)O. The number of ether oxygens (including phenoxy) is 1. The first-order chi connectivity index (χ1) is 16.9. The van der Waals surface area contributed by atoms with Gasteiger partial charge in [-0.3, -0.25) is 9.59 Å². The molecule has 2 fully saturated rings. The Morgan fingerprint density at radius 3 is 2.22 bits per heavy atom. The predicted octanol–water partition coefficient (Wildman–Crippen LogP) is 1.90. The lowest BCUT2D eigenvalue weighted by Gasteiger charge is -2.44. The number of piperidine rings is 1. The minimum Gasteiger partial charge on any atom is -0.480 e. The number of likely N-dealkylation sites (tertiary alicyclic amines) is 2. The topological polar surface area (TPSA) is 136 Å². The van der Waals surface area contributed by atoms with E-state index in [-0.39, 0.29) is 5.91 Å². The highest BCUT2D eigenvalue weighted by Gasteiger charge is 2.49. The zero-order valence-corrected chi connectivity index (χ0v) is 21.4. The van der Waals surface area contributed by atoms with Crippen molar-refractivity contribution in [3.05, 3.63) is 35.9 Å².